The van der Waals surface area contributed by atoms with E-state index in [2.05, 4.69) is 66.8 Å². The molecule has 0 aliphatic heterocycles. The summed E-state index contributed by atoms with van der Waals surface area (Å²) in [7, 11) is 4.05. The third kappa shape index (κ3) is 3.17. The van der Waals surface area contributed by atoms with E-state index in [-0.39, 0.29) is 6.04 Å². The molecule has 0 fully saturated rings. The van der Waals surface area contributed by atoms with Gasteiger partial charge in [0, 0.05) is 28.7 Å². The quantitative estimate of drug-likeness (QED) is 0.847. The van der Waals surface area contributed by atoms with E-state index in [0.717, 1.165) is 16.3 Å². The van der Waals surface area contributed by atoms with Gasteiger partial charge in [-0.3, -0.25) is 0 Å². The monoisotopic (exact) mass is 308 g/mol. The maximum absolute atomic E-state index is 6.41. The molecule has 0 saturated carbocycles. The SMILES string of the molecule is CNC(C)c1ccc(N(C)C(C)c2cccs2)cc1Cl. The van der Waals surface area contributed by atoms with Crippen molar-refractivity contribution in [1.82, 2.24) is 5.32 Å². The Morgan fingerprint density at radius 1 is 1.25 bits per heavy atom. The standard InChI is InChI=1S/C16H21ClN2S/c1-11(18-3)14-8-7-13(10-15(14)17)19(4)12(2)16-6-5-9-20-16/h5-12,18H,1-4H3. The molecule has 2 aromatic rings. The Kier molecular flexibility index (Phi) is 5.08. The van der Waals surface area contributed by atoms with E-state index in [4.69, 9.17) is 11.6 Å². The van der Waals surface area contributed by atoms with Crippen LogP contribution in [0.15, 0.2) is 35.7 Å². The molecular weight excluding hydrogens is 288 g/mol. The molecule has 0 amide bonds. The third-order valence-electron chi connectivity index (χ3n) is 3.83. The van der Waals surface area contributed by atoms with Gasteiger partial charge in [-0.15, -0.1) is 11.3 Å². The Labute approximate surface area is 130 Å². The van der Waals surface area contributed by atoms with Gasteiger partial charge in [-0.2, -0.15) is 0 Å². The lowest BCUT2D eigenvalue weighted by Gasteiger charge is -2.27. The van der Waals surface area contributed by atoms with Crippen molar-refractivity contribution < 1.29 is 0 Å². The summed E-state index contributed by atoms with van der Waals surface area (Å²) in [5.41, 5.74) is 2.28. The summed E-state index contributed by atoms with van der Waals surface area (Å²) in [4.78, 5) is 3.61. The average molecular weight is 309 g/mol. The van der Waals surface area contributed by atoms with Crippen molar-refractivity contribution in [3.63, 3.8) is 0 Å². The zero-order valence-corrected chi connectivity index (χ0v) is 13.9. The van der Waals surface area contributed by atoms with E-state index >= 15 is 0 Å². The second-order valence-electron chi connectivity index (χ2n) is 5.02. The van der Waals surface area contributed by atoms with Crippen LogP contribution in [0.1, 0.15) is 36.4 Å². The molecule has 0 aliphatic carbocycles. The van der Waals surface area contributed by atoms with Crippen molar-refractivity contribution >= 4 is 28.6 Å². The van der Waals surface area contributed by atoms with Crippen LogP contribution >= 0.6 is 22.9 Å². The molecule has 2 atom stereocenters. The van der Waals surface area contributed by atoms with Gasteiger partial charge in [0.25, 0.3) is 0 Å². The molecule has 0 aliphatic rings. The van der Waals surface area contributed by atoms with E-state index in [0.29, 0.717) is 6.04 Å². The summed E-state index contributed by atoms with van der Waals surface area (Å²) in [6.45, 7) is 4.32. The van der Waals surface area contributed by atoms with Crippen molar-refractivity contribution in [2.75, 3.05) is 19.0 Å². The fourth-order valence-corrected chi connectivity index (χ4v) is 3.35. The van der Waals surface area contributed by atoms with Crippen LogP contribution in [0.2, 0.25) is 5.02 Å². The molecule has 0 saturated heterocycles. The molecule has 2 nitrogen and oxygen atoms in total. The number of nitrogens with one attached hydrogen (secondary N) is 1. The highest BCUT2D eigenvalue weighted by atomic mass is 35.5. The molecule has 1 aromatic carbocycles. The number of halogens is 1. The van der Waals surface area contributed by atoms with Gasteiger partial charge in [0.05, 0.1) is 6.04 Å². The zero-order valence-electron chi connectivity index (χ0n) is 12.4. The topological polar surface area (TPSA) is 15.3 Å². The van der Waals surface area contributed by atoms with Crippen LogP contribution in [0, 0.1) is 0 Å². The first-order valence-corrected chi connectivity index (χ1v) is 8.03. The van der Waals surface area contributed by atoms with Crippen LogP contribution in [0.3, 0.4) is 0 Å². The largest absolute Gasteiger partial charge is 0.367 e. The Bertz CT molecular complexity index is 554. The highest BCUT2D eigenvalue weighted by Crippen LogP contribution is 2.32. The van der Waals surface area contributed by atoms with Gasteiger partial charge >= 0.3 is 0 Å². The van der Waals surface area contributed by atoms with E-state index in [1.807, 2.05) is 7.05 Å². The van der Waals surface area contributed by atoms with Crippen LogP contribution in [0.4, 0.5) is 5.69 Å². The minimum absolute atomic E-state index is 0.261. The highest BCUT2D eigenvalue weighted by molar-refractivity contribution is 7.10. The van der Waals surface area contributed by atoms with Crippen LogP contribution in [0.5, 0.6) is 0 Å². The molecule has 1 aromatic heterocycles. The van der Waals surface area contributed by atoms with Gasteiger partial charge in [0.15, 0.2) is 0 Å². The maximum Gasteiger partial charge on any atom is 0.0603 e. The summed E-state index contributed by atoms with van der Waals surface area (Å²) >= 11 is 8.20. The summed E-state index contributed by atoms with van der Waals surface area (Å²) in [5.74, 6) is 0. The second kappa shape index (κ2) is 6.61. The first-order valence-electron chi connectivity index (χ1n) is 6.77. The van der Waals surface area contributed by atoms with E-state index in [1.54, 1.807) is 11.3 Å². The third-order valence-corrected chi connectivity index (χ3v) is 5.20. The first kappa shape index (κ1) is 15.4. The van der Waals surface area contributed by atoms with E-state index in [9.17, 15) is 0 Å². The lowest BCUT2D eigenvalue weighted by molar-refractivity contribution is 0.652. The van der Waals surface area contributed by atoms with Crippen molar-refractivity contribution in [1.29, 1.82) is 0 Å². The highest BCUT2D eigenvalue weighted by Gasteiger charge is 2.15. The van der Waals surface area contributed by atoms with Gasteiger partial charge in [0.1, 0.15) is 0 Å². The zero-order chi connectivity index (χ0) is 14.7. The smallest absolute Gasteiger partial charge is 0.0603 e. The Morgan fingerprint density at radius 2 is 2.00 bits per heavy atom. The summed E-state index contributed by atoms with van der Waals surface area (Å²) in [5, 5.41) is 6.15. The Balaban J connectivity index is 2.23. The Hall–Kier alpha value is -1.03. The molecule has 0 spiro atoms. The minimum atomic E-state index is 0.261. The molecule has 0 bridgehead atoms. The molecule has 20 heavy (non-hydrogen) atoms. The van der Waals surface area contributed by atoms with Crippen molar-refractivity contribution in [2.24, 2.45) is 0 Å². The molecule has 2 unspecified atom stereocenters. The lowest BCUT2D eigenvalue weighted by Crippen LogP contribution is -2.21. The summed E-state index contributed by atoms with van der Waals surface area (Å²) in [6, 6.07) is 11.2. The maximum atomic E-state index is 6.41. The second-order valence-corrected chi connectivity index (χ2v) is 6.40. The van der Waals surface area contributed by atoms with Gasteiger partial charge in [-0.25, -0.2) is 0 Å². The Morgan fingerprint density at radius 3 is 2.55 bits per heavy atom. The normalized spacial score (nSPS) is 14.1. The molecule has 108 valence electrons. The first-order chi connectivity index (χ1) is 9.54. The van der Waals surface area contributed by atoms with E-state index < -0.39 is 0 Å². The minimum Gasteiger partial charge on any atom is -0.367 e. The summed E-state index contributed by atoms with van der Waals surface area (Å²) in [6.07, 6.45) is 0. The fraction of sp³-hybridized carbons (Fsp3) is 0.375. The predicted octanol–water partition coefficient (Wildman–Crippen LogP) is 4.88. The van der Waals surface area contributed by atoms with Crippen LogP contribution < -0.4 is 10.2 Å². The van der Waals surface area contributed by atoms with Gasteiger partial charge in [0.2, 0.25) is 0 Å². The summed E-state index contributed by atoms with van der Waals surface area (Å²) < 4.78 is 0. The van der Waals surface area contributed by atoms with Gasteiger partial charge in [-0.05, 0) is 50.0 Å². The van der Waals surface area contributed by atoms with Crippen molar-refractivity contribution in [3.05, 3.63) is 51.2 Å². The average Bonchev–Trinajstić information content (AvgIpc) is 2.99. The molecule has 1 N–H and O–H groups in total. The number of nitrogens with zero attached hydrogens (tertiary/aromatic N) is 1. The van der Waals surface area contributed by atoms with Crippen LogP contribution in [-0.4, -0.2) is 14.1 Å². The van der Waals surface area contributed by atoms with Crippen molar-refractivity contribution in [3.8, 4) is 0 Å². The number of rotatable bonds is 5. The number of hydrogen-bond donors (Lipinski definition) is 1. The number of anilines is 1. The van der Waals surface area contributed by atoms with Crippen LogP contribution in [-0.2, 0) is 0 Å². The molecule has 2 rings (SSSR count). The fourth-order valence-electron chi connectivity index (χ4n) is 2.19. The van der Waals surface area contributed by atoms with Gasteiger partial charge in [-0.1, -0.05) is 23.7 Å². The molecule has 0 radical (unpaired) electrons. The molecular formula is C16H21ClN2S. The number of hydrogen-bond acceptors (Lipinski definition) is 3. The number of benzene rings is 1. The van der Waals surface area contributed by atoms with Gasteiger partial charge < -0.3 is 10.2 Å². The number of thiophene rings is 1. The molecule has 4 heteroatoms. The van der Waals surface area contributed by atoms with E-state index in [1.165, 1.54) is 4.88 Å². The van der Waals surface area contributed by atoms with Crippen molar-refractivity contribution in [2.45, 2.75) is 25.9 Å². The van der Waals surface area contributed by atoms with Crippen LogP contribution in [0.25, 0.3) is 0 Å². The lowest BCUT2D eigenvalue weighted by atomic mass is 10.1. The molecule has 1 heterocycles. The predicted molar refractivity (Wildman–Crippen MR) is 90.1 cm³/mol.